The van der Waals surface area contributed by atoms with Crippen LogP contribution in [-0.4, -0.2) is 29.4 Å². The fourth-order valence-corrected chi connectivity index (χ4v) is 3.40. The first-order valence-electron chi connectivity index (χ1n) is 9.56. The molecule has 1 N–H and O–H groups in total. The van der Waals surface area contributed by atoms with Gasteiger partial charge in [-0.1, -0.05) is 12.1 Å². The number of aryl methyl sites for hydroxylation is 1. The van der Waals surface area contributed by atoms with Crippen LogP contribution in [0.4, 0.5) is 20.4 Å². The van der Waals surface area contributed by atoms with Crippen molar-refractivity contribution in [1.82, 2.24) is 29.4 Å². The van der Waals surface area contributed by atoms with Gasteiger partial charge in [0.1, 0.15) is 17.5 Å². The number of benzene rings is 1. The number of nitrogens with zero attached hydrogens (tertiary/aromatic N) is 6. The third kappa shape index (κ3) is 3.61. The monoisotopic (exact) mass is 417 g/mol. The van der Waals surface area contributed by atoms with E-state index in [-0.39, 0.29) is 12.0 Å². The maximum atomic E-state index is 14.0. The van der Waals surface area contributed by atoms with Crippen LogP contribution in [0.1, 0.15) is 11.4 Å². The van der Waals surface area contributed by atoms with Crippen molar-refractivity contribution in [1.29, 1.82) is 0 Å². The Labute approximate surface area is 176 Å². The van der Waals surface area contributed by atoms with Crippen LogP contribution in [0.3, 0.4) is 0 Å². The fraction of sp³-hybridized carbons (Fsp3) is 0.0909. The highest BCUT2D eigenvalue weighted by Crippen LogP contribution is 2.24. The van der Waals surface area contributed by atoms with Crippen molar-refractivity contribution in [3.63, 3.8) is 0 Å². The van der Waals surface area contributed by atoms with E-state index >= 15 is 0 Å². The third-order valence-electron chi connectivity index (χ3n) is 5.03. The Morgan fingerprint density at radius 1 is 0.968 bits per heavy atom. The van der Waals surface area contributed by atoms with Gasteiger partial charge in [0.05, 0.1) is 6.20 Å². The van der Waals surface area contributed by atoms with Crippen LogP contribution in [-0.2, 0) is 13.5 Å². The van der Waals surface area contributed by atoms with E-state index in [4.69, 9.17) is 0 Å². The van der Waals surface area contributed by atoms with Gasteiger partial charge < -0.3 is 5.32 Å². The van der Waals surface area contributed by atoms with Gasteiger partial charge in [-0.3, -0.25) is 9.08 Å². The molecule has 0 saturated carbocycles. The van der Waals surface area contributed by atoms with Gasteiger partial charge in [-0.05, 0) is 47.0 Å². The van der Waals surface area contributed by atoms with Crippen LogP contribution >= 0.6 is 0 Å². The second-order valence-electron chi connectivity index (χ2n) is 7.04. The first kappa shape index (κ1) is 18.9. The zero-order valence-electron chi connectivity index (χ0n) is 16.5. The summed E-state index contributed by atoms with van der Waals surface area (Å²) in [5, 5.41) is 15.7. The summed E-state index contributed by atoms with van der Waals surface area (Å²) in [6.07, 6.45) is 5.39. The Balaban J connectivity index is 1.44. The quantitative estimate of drug-likeness (QED) is 0.465. The first-order chi connectivity index (χ1) is 15.1. The molecular weight excluding hydrogens is 400 g/mol. The smallest absolute Gasteiger partial charge is 0.162 e. The van der Waals surface area contributed by atoms with E-state index in [0.29, 0.717) is 17.3 Å². The number of pyridine rings is 2. The van der Waals surface area contributed by atoms with Gasteiger partial charge in [0.2, 0.25) is 0 Å². The Bertz CT molecular complexity index is 1390. The fourth-order valence-electron chi connectivity index (χ4n) is 3.40. The maximum absolute atomic E-state index is 14.0. The van der Waals surface area contributed by atoms with Crippen molar-refractivity contribution >= 4 is 17.3 Å². The van der Waals surface area contributed by atoms with Gasteiger partial charge >= 0.3 is 0 Å². The third-order valence-corrected chi connectivity index (χ3v) is 5.03. The predicted molar refractivity (Wildman–Crippen MR) is 112 cm³/mol. The highest BCUT2D eigenvalue weighted by molar-refractivity contribution is 5.70. The lowest BCUT2D eigenvalue weighted by molar-refractivity contribution is 0.500. The van der Waals surface area contributed by atoms with Crippen molar-refractivity contribution in [3.8, 4) is 11.1 Å². The molecule has 0 amide bonds. The summed E-state index contributed by atoms with van der Waals surface area (Å²) in [6.45, 7) is 0. The van der Waals surface area contributed by atoms with Crippen molar-refractivity contribution in [2.45, 2.75) is 6.42 Å². The van der Waals surface area contributed by atoms with E-state index in [1.165, 1.54) is 6.07 Å². The highest BCUT2D eigenvalue weighted by Gasteiger charge is 2.13. The molecule has 0 aliphatic heterocycles. The molecule has 0 unspecified atom stereocenters. The molecule has 0 atom stereocenters. The van der Waals surface area contributed by atoms with Crippen molar-refractivity contribution in [2.75, 3.05) is 5.32 Å². The van der Waals surface area contributed by atoms with Gasteiger partial charge in [0.25, 0.3) is 0 Å². The second-order valence-corrected chi connectivity index (χ2v) is 7.04. The molecule has 0 radical (unpaired) electrons. The average molecular weight is 417 g/mol. The molecule has 0 bridgehead atoms. The summed E-state index contributed by atoms with van der Waals surface area (Å²) in [7, 11) is 1.85. The van der Waals surface area contributed by atoms with Crippen LogP contribution in [0, 0.1) is 11.6 Å². The molecule has 0 aliphatic rings. The molecule has 4 heterocycles. The van der Waals surface area contributed by atoms with Crippen LogP contribution in [0.25, 0.3) is 16.8 Å². The molecule has 7 nitrogen and oxygen atoms in total. The Morgan fingerprint density at radius 3 is 2.68 bits per heavy atom. The number of halogens is 2. The van der Waals surface area contributed by atoms with Gasteiger partial charge in [0, 0.05) is 31.9 Å². The highest BCUT2D eigenvalue weighted by atomic mass is 19.2. The van der Waals surface area contributed by atoms with Crippen LogP contribution in [0.5, 0.6) is 0 Å². The molecule has 4 aromatic heterocycles. The lowest BCUT2D eigenvalue weighted by atomic mass is 10.1. The van der Waals surface area contributed by atoms with Gasteiger partial charge in [0.15, 0.2) is 17.3 Å². The largest absolute Gasteiger partial charge is 0.325 e. The Morgan fingerprint density at radius 2 is 1.84 bits per heavy atom. The first-order valence-corrected chi connectivity index (χ1v) is 9.56. The molecule has 0 saturated heterocycles. The molecule has 0 aliphatic carbocycles. The molecule has 0 spiro atoms. The van der Waals surface area contributed by atoms with Crippen LogP contribution in [0.15, 0.2) is 67.1 Å². The zero-order chi connectivity index (χ0) is 21.4. The lowest BCUT2D eigenvalue weighted by Crippen LogP contribution is -2.01. The second kappa shape index (κ2) is 7.60. The summed E-state index contributed by atoms with van der Waals surface area (Å²) >= 11 is 0. The normalized spacial score (nSPS) is 11.2. The minimum atomic E-state index is -0.873. The molecule has 9 heteroatoms. The molecular formula is C22H17F2N7. The lowest BCUT2D eigenvalue weighted by Gasteiger charge is -2.08. The van der Waals surface area contributed by atoms with Crippen LogP contribution in [0.2, 0.25) is 0 Å². The van der Waals surface area contributed by atoms with Crippen LogP contribution < -0.4 is 5.32 Å². The summed E-state index contributed by atoms with van der Waals surface area (Å²) in [6, 6.07) is 13.6. The number of aromatic nitrogens is 6. The average Bonchev–Trinajstić information content (AvgIpc) is 3.37. The minimum absolute atomic E-state index is 0.137. The summed E-state index contributed by atoms with van der Waals surface area (Å²) in [4.78, 5) is 4.36. The topological polar surface area (TPSA) is 72.9 Å². The Hall–Kier alpha value is -4.14. The molecule has 154 valence electrons. The zero-order valence-corrected chi connectivity index (χ0v) is 16.5. The number of rotatable bonds is 5. The Kier molecular flexibility index (Phi) is 4.62. The van der Waals surface area contributed by atoms with E-state index in [1.54, 1.807) is 27.5 Å². The molecule has 0 fully saturated rings. The SMILES string of the molecule is Cn1nccc1Nc1cc(-c2ccn3c(Cc4cccc(F)c4F)nnc3c2)ccn1. The number of hydrogen-bond donors (Lipinski definition) is 1. The van der Waals surface area contributed by atoms with Crippen molar-refractivity contribution < 1.29 is 8.78 Å². The number of nitrogens with one attached hydrogen (secondary N) is 1. The van der Waals surface area contributed by atoms with E-state index in [2.05, 4.69) is 25.6 Å². The van der Waals surface area contributed by atoms with Gasteiger partial charge in [-0.2, -0.15) is 5.10 Å². The molecule has 1 aromatic carbocycles. The predicted octanol–water partition coefficient (Wildman–Crippen LogP) is 4.14. The van der Waals surface area contributed by atoms with E-state index < -0.39 is 11.6 Å². The van der Waals surface area contributed by atoms with E-state index in [9.17, 15) is 8.78 Å². The summed E-state index contributed by atoms with van der Waals surface area (Å²) < 4.78 is 31.0. The molecule has 5 aromatic rings. The number of fused-ring (bicyclic) bond motifs is 1. The number of anilines is 2. The maximum Gasteiger partial charge on any atom is 0.162 e. The minimum Gasteiger partial charge on any atom is -0.325 e. The van der Waals surface area contributed by atoms with E-state index in [1.807, 2.05) is 43.6 Å². The van der Waals surface area contributed by atoms with Gasteiger partial charge in [-0.15, -0.1) is 10.2 Å². The van der Waals surface area contributed by atoms with E-state index in [0.717, 1.165) is 23.0 Å². The summed E-state index contributed by atoms with van der Waals surface area (Å²) in [5.74, 6) is 0.304. The van der Waals surface area contributed by atoms with Crippen molar-refractivity contribution in [3.05, 3.63) is 90.1 Å². The van der Waals surface area contributed by atoms with Gasteiger partial charge in [-0.25, -0.2) is 13.8 Å². The number of hydrogen-bond acceptors (Lipinski definition) is 5. The molecule has 31 heavy (non-hydrogen) atoms. The summed E-state index contributed by atoms with van der Waals surface area (Å²) in [5.41, 5.74) is 2.72. The standard InChI is InChI=1S/C22H17F2N7/c1-30-19(6-9-26-30)27-18-11-14(5-8-25-18)15-7-10-31-20(12-15)28-29-21(31)13-16-3-2-4-17(23)22(16)24/h2-12H,13H2,1H3,(H,25,27). The van der Waals surface area contributed by atoms with Crippen molar-refractivity contribution in [2.24, 2.45) is 7.05 Å². The molecule has 5 rings (SSSR count).